The van der Waals surface area contributed by atoms with Gasteiger partial charge >= 0.3 is 6.18 Å². The summed E-state index contributed by atoms with van der Waals surface area (Å²) in [4.78, 5) is 19.5. The second-order valence-electron chi connectivity index (χ2n) is 10.2. The summed E-state index contributed by atoms with van der Waals surface area (Å²) in [7, 11) is 1.64. The Bertz CT molecular complexity index is 1310. The third kappa shape index (κ3) is 6.19. The molecule has 5 nitrogen and oxygen atoms in total. The Hall–Kier alpha value is -3.59. The van der Waals surface area contributed by atoms with Gasteiger partial charge in [-0.2, -0.15) is 13.2 Å². The van der Waals surface area contributed by atoms with Crippen LogP contribution in [-0.4, -0.2) is 68.6 Å². The van der Waals surface area contributed by atoms with Gasteiger partial charge in [0.15, 0.2) is 0 Å². The number of halogens is 4. The van der Waals surface area contributed by atoms with Gasteiger partial charge in [-0.3, -0.25) is 9.69 Å². The van der Waals surface area contributed by atoms with Gasteiger partial charge in [-0.15, -0.1) is 0 Å². The van der Waals surface area contributed by atoms with Crippen LogP contribution in [0, 0.1) is 11.7 Å². The molecule has 5 rings (SSSR count). The number of hydrogen-bond donors (Lipinski definition) is 0. The molecule has 9 heteroatoms. The topological polar surface area (TPSA) is 36.0 Å². The average Bonchev–Trinajstić information content (AvgIpc) is 3.36. The van der Waals surface area contributed by atoms with E-state index in [1.165, 1.54) is 30.3 Å². The molecule has 0 aliphatic carbocycles. The van der Waals surface area contributed by atoms with Crippen molar-refractivity contribution in [2.24, 2.45) is 5.92 Å². The number of hydrogen-bond acceptors (Lipinski definition) is 4. The summed E-state index contributed by atoms with van der Waals surface area (Å²) in [6.07, 6.45) is -4.45. The molecule has 2 fully saturated rings. The summed E-state index contributed by atoms with van der Waals surface area (Å²) in [5.74, 6) is -0.333. The van der Waals surface area contributed by atoms with Crippen LogP contribution in [0.25, 0.3) is 0 Å². The smallest absolute Gasteiger partial charge is 0.416 e. The quantitative estimate of drug-likeness (QED) is 0.385. The number of nitrogens with zero attached hydrogens (tertiary/aromatic N) is 3. The Morgan fingerprint density at radius 1 is 0.923 bits per heavy atom. The number of piperazine rings is 1. The molecule has 3 aromatic rings. The molecular formula is C30H31F4N3O2. The normalized spacial score (nSPS) is 20.3. The first kappa shape index (κ1) is 27.0. The zero-order valence-electron chi connectivity index (χ0n) is 21.7. The molecule has 2 unspecified atom stereocenters. The number of amides is 1. The van der Waals surface area contributed by atoms with Crippen LogP contribution in [0.5, 0.6) is 5.75 Å². The maximum Gasteiger partial charge on any atom is 0.416 e. The fraction of sp³-hybridized carbons (Fsp3) is 0.367. The van der Waals surface area contributed by atoms with E-state index in [4.69, 9.17) is 4.74 Å². The minimum absolute atomic E-state index is 0.0608. The fourth-order valence-electron chi connectivity index (χ4n) is 5.68. The number of anilines is 1. The minimum Gasteiger partial charge on any atom is -0.497 e. The molecule has 206 valence electrons. The predicted molar refractivity (Wildman–Crippen MR) is 142 cm³/mol. The maximum atomic E-state index is 13.8. The molecule has 2 aliphatic heterocycles. The molecule has 2 atom stereocenters. The van der Waals surface area contributed by atoms with Crippen molar-refractivity contribution in [1.29, 1.82) is 0 Å². The van der Waals surface area contributed by atoms with Gasteiger partial charge in [0.25, 0.3) is 5.91 Å². The summed E-state index contributed by atoms with van der Waals surface area (Å²) in [5.41, 5.74) is 1.20. The van der Waals surface area contributed by atoms with Crippen molar-refractivity contribution in [3.8, 4) is 5.75 Å². The lowest BCUT2D eigenvalue weighted by molar-refractivity contribution is -0.137. The van der Waals surface area contributed by atoms with E-state index in [1.54, 1.807) is 24.1 Å². The number of ether oxygens (including phenoxy) is 1. The van der Waals surface area contributed by atoms with Gasteiger partial charge in [-0.05, 0) is 47.9 Å². The number of alkyl halides is 3. The van der Waals surface area contributed by atoms with Crippen LogP contribution in [0.4, 0.5) is 23.2 Å². The molecule has 1 amide bonds. The molecule has 3 aromatic carbocycles. The first-order chi connectivity index (χ1) is 18.7. The SMILES string of the molecule is COc1cccc(N2CCN(CC3CN(C(=O)c4cccc(F)c4)CC3c3cccc(C(F)(F)F)c3)CC2)c1. The second-order valence-corrected chi connectivity index (χ2v) is 10.2. The number of rotatable bonds is 6. The fourth-order valence-corrected chi connectivity index (χ4v) is 5.68. The van der Waals surface area contributed by atoms with E-state index in [9.17, 15) is 22.4 Å². The molecule has 0 aromatic heterocycles. The van der Waals surface area contributed by atoms with E-state index < -0.39 is 17.6 Å². The van der Waals surface area contributed by atoms with Crippen molar-refractivity contribution < 1.29 is 27.1 Å². The van der Waals surface area contributed by atoms with Gasteiger partial charge in [0.2, 0.25) is 0 Å². The highest BCUT2D eigenvalue weighted by atomic mass is 19.4. The van der Waals surface area contributed by atoms with Crippen LogP contribution in [-0.2, 0) is 6.18 Å². The Labute approximate surface area is 225 Å². The summed E-state index contributed by atoms with van der Waals surface area (Å²) >= 11 is 0. The predicted octanol–water partition coefficient (Wildman–Crippen LogP) is 5.53. The Morgan fingerprint density at radius 3 is 2.38 bits per heavy atom. The highest BCUT2D eigenvalue weighted by Crippen LogP contribution is 2.37. The Kier molecular flexibility index (Phi) is 7.79. The molecule has 0 radical (unpaired) electrons. The van der Waals surface area contributed by atoms with Gasteiger partial charge in [0, 0.05) is 69.0 Å². The number of likely N-dealkylation sites (tertiary alicyclic amines) is 1. The second kappa shape index (κ2) is 11.3. The zero-order chi connectivity index (χ0) is 27.6. The molecule has 2 saturated heterocycles. The van der Waals surface area contributed by atoms with Gasteiger partial charge in [0.1, 0.15) is 11.6 Å². The molecular weight excluding hydrogens is 510 g/mol. The van der Waals surface area contributed by atoms with Crippen molar-refractivity contribution in [2.75, 3.05) is 57.8 Å². The monoisotopic (exact) mass is 541 g/mol. The lowest BCUT2D eigenvalue weighted by Gasteiger charge is -2.38. The Balaban J connectivity index is 1.33. The van der Waals surface area contributed by atoms with E-state index in [2.05, 4.69) is 15.9 Å². The first-order valence-corrected chi connectivity index (χ1v) is 13.0. The summed E-state index contributed by atoms with van der Waals surface area (Å²) < 4.78 is 59.6. The summed E-state index contributed by atoms with van der Waals surface area (Å²) in [6.45, 7) is 4.53. The van der Waals surface area contributed by atoms with Crippen molar-refractivity contribution >= 4 is 11.6 Å². The molecule has 2 aliphatic rings. The average molecular weight is 542 g/mol. The third-order valence-corrected chi connectivity index (χ3v) is 7.73. The van der Waals surface area contributed by atoms with Crippen molar-refractivity contribution in [2.45, 2.75) is 12.1 Å². The molecule has 0 bridgehead atoms. The summed E-state index contributed by atoms with van der Waals surface area (Å²) in [6, 6.07) is 18.9. The molecule has 2 heterocycles. The molecule has 39 heavy (non-hydrogen) atoms. The standard InChI is InChI=1S/C30H31F4N3O2/c1-39-27-10-4-9-26(17-27)36-13-11-35(12-14-36)18-23-19-37(29(38)22-6-3-8-25(31)16-22)20-28(23)21-5-2-7-24(15-21)30(32,33)34/h2-10,15-17,23,28H,11-14,18-20H2,1H3. The van der Waals surface area contributed by atoms with Crippen LogP contribution in [0.2, 0.25) is 0 Å². The highest BCUT2D eigenvalue weighted by molar-refractivity contribution is 5.94. The van der Waals surface area contributed by atoms with Crippen LogP contribution >= 0.6 is 0 Å². The van der Waals surface area contributed by atoms with E-state index in [1.807, 2.05) is 18.2 Å². The van der Waals surface area contributed by atoms with E-state index in [-0.39, 0.29) is 29.9 Å². The van der Waals surface area contributed by atoms with Gasteiger partial charge in [-0.1, -0.05) is 30.3 Å². The van der Waals surface area contributed by atoms with E-state index in [0.717, 1.165) is 43.7 Å². The zero-order valence-corrected chi connectivity index (χ0v) is 21.7. The van der Waals surface area contributed by atoms with Crippen molar-refractivity contribution in [3.05, 3.63) is 95.3 Å². The Morgan fingerprint density at radius 2 is 1.67 bits per heavy atom. The molecule has 0 N–H and O–H groups in total. The highest BCUT2D eigenvalue weighted by Gasteiger charge is 2.39. The first-order valence-electron chi connectivity index (χ1n) is 13.0. The minimum atomic E-state index is -4.45. The number of carbonyl (C=O) groups excluding carboxylic acids is 1. The summed E-state index contributed by atoms with van der Waals surface area (Å²) in [5, 5.41) is 0. The van der Waals surface area contributed by atoms with Crippen LogP contribution in [0.15, 0.2) is 72.8 Å². The van der Waals surface area contributed by atoms with Crippen LogP contribution in [0.1, 0.15) is 27.4 Å². The van der Waals surface area contributed by atoms with Crippen molar-refractivity contribution in [3.63, 3.8) is 0 Å². The lowest BCUT2D eigenvalue weighted by Crippen LogP contribution is -2.48. The third-order valence-electron chi connectivity index (χ3n) is 7.73. The van der Waals surface area contributed by atoms with Gasteiger partial charge in [-0.25, -0.2) is 4.39 Å². The number of methoxy groups -OCH3 is 1. The number of benzene rings is 3. The van der Waals surface area contributed by atoms with Crippen molar-refractivity contribution in [1.82, 2.24) is 9.80 Å². The lowest BCUT2D eigenvalue weighted by atomic mass is 9.87. The van der Waals surface area contributed by atoms with Gasteiger partial charge in [0.05, 0.1) is 12.7 Å². The van der Waals surface area contributed by atoms with Crippen LogP contribution < -0.4 is 9.64 Å². The largest absolute Gasteiger partial charge is 0.497 e. The van der Waals surface area contributed by atoms with Crippen LogP contribution in [0.3, 0.4) is 0 Å². The molecule has 0 spiro atoms. The maximum absolute atomic E-state index is 13.8. The van der Waals surface area contributed by atoms with Gasteiger partial charge < -0.3 is 14.5 Å². The van der Waals surface area contributed by atoms with E-state index >= 15 is 0 Å². The number of carbonyl (C=O) groups is 1. The van der Waals surface area contributed by atoms with E-state index in [0.29, 0.717) is 18.7 Å². The molecule has 0 saturated carbocycles.